The van der Waals surface area contributed by atoms with Crippen molar-refractivity contribution in [1.29, 1.82) is 0 Å². The summed E-state index contributed by atoms with van der Waals surface area (Å²) in [4.78, 5) is 3.62. The zero-order chi connectivity index (χ0) is 8.48. The number of thiazole rings is 1. The number of nitrogens with zero attached hydrogens (tertiary/aromatic N) is 1. The van der Waals surface area contributed by atoms with Gasteiger partial charge in [-0.05, 0) is 11.2 Å². The lowest BCUT2D eigenvalue weighted by Crippen LogP contribution is -2.34. The summed E-state index contributed by atoms with van der Waals surface area (Å²) in [7, 11) is 0. The van der Waals surface area contributed by atoms with Crippen LogP contribution >= 0.6 is 11.3 Å². The smallest absolute Gasteiger partial charge is 0.444 e. The molecule has 0 amide bonds. The third kappa shape index (κ3) is 1.74. The lowest BCUT2D eigenvalue weighted by Gasteiger charge is -2.12. The van der Waals surface area contributed by atoms with Gasteiger partial charge in [0.05, 0.1) is 5.51 Å². The van der Waals surface area contributed by atoms with E-state index in [1.165, 1.54) is 5.51 Å². The maximum absolute atomic E-state index is 12.1. The SMILES string of the molecule is CCc1ncsc1[B-](F)(F)F. The molecule has 0 aliphatic carbocycles. The number of hydrogen-bond donors (Lipinski definition) is 0. The fourth-order valence-corrected chi connectivity index (χ4v) is 1.59. The van der Waals surface area contributed by atoms with E-state index in [9.17, 15) is 12.9 Å². The minimum Gasteiger partial charge on any atom is -0.444 e. The van der Waals surface area contributed by atoms with Crippen LogP contribution in [0.5, 0.6) is 0 Å². The second-order valence-corrected chi connectivity index (χ2v) is 2.98. The van der Waals surface area contributed by atoms with Crippen LogP contribution in [0.1, 0.15) is 12.6 Å². The van der Waals surface area contributed by atoms with Gasteiger partial charge in [-0.15, -0.1) is 0 Å². The fraction of sp³-hybridized carbons (Fsp3) is 0.400. The molecule has 0 fully saturated rings. The van der Waals surface area contributed by atoms with Crippen LogP contribution in [0.4, 0.5) is 12.9 Å². The van der Waals surface area contributed by atoms with Crippen molar-refractivity contribution in [2.24, 2.45) is 0 Å². The molecule has 1 rings (SSSR count). The van der Waals surface area contributed by atoms with E-state index >= 15 is 0 Å². The van der Waals surface area contributed by atoms with Crippen LogP contribution in [0.25, 0.3) is 0 Å². The maximum atomic E-state index is 12.1. The largest absolute Gasteiger partial charge is 0.521 e. The van der Waals surface area contributed by atoms with Gasteiger partial charge >= 0.3 is 6.98 Å². The molecule has 0 unspecified atom stereocenters. The van der Waals surface area contributed by atoms with Gasteiger partial charge in [-0.1, -0.05) is 6.92 Å². The minimum atomic E-state index is -4.84. The number of rotatable bonds is 2. The zero-order valence-corrected chi connectivity index (χ0v) is 6.67. The highest BCUT2D eigenvalue weighted by atomic mass is 32.1. The van der Waals surface area contributed by atoms with Gasteiger partial charge in [0.15, 0.2) is 0 Å². The van der Waals surface area contributed by atoms with Crippen molar-refractivity contribution in [1.82, 2.24) is 4.98 Å². The van der Waals surface area contributed by atoms with Crippen LogP contribution < -0.4 is 4.78 Å². The van der Waals surface area contributed by atoms with Gasteiger partial charge in [-0.2, -0.15) is 11.3 Å². The predicted molar refractivity (Wildman–Crippen MR) is 40.2 cm³/mol. The third-order valence-electron chi connectivity index (χ3n) is 1.30. The summed E-state index contributed by atoms with van der Waals surface area (Å²) in [6.45, 7) is -3.18. The highest BCUT2D eigenvalue weighted by Crippen LogP contribution is 2.14. The number of halogens is 3. The lowest BCUT2D eigenvalue weighted by molar-refractivity contribution is 0.502. The first-order valence-electron chi connectivity index (χ1n) is 3.18. The van der Waals surface area contributed by atoms with E-state index in [0.717, 1.165) is 0 Å². The first kappa shape index (κ1) is 8.58. The Morgan fingerprint density at radius 2 is 2.18 bits per heavy atom. The van der Waals surface area contributed by atoms with E-state index in [1.807, 2.05) is 0 Å². The Labute approximate surface area is 66.3 Å². The number of hydrogen-bond acceptors (Lipinski definition) is 2. The minimum absolute atomic E-state index is 0.169. The maximum Gasteiger partial charge on any atom is 0.521 e. The van der Waals surface area contributed by atoms with Crippen molar-refractivity contribution >= 4 is 23.1 Å². The molecule has 0 radical (unpaired) electrons. The van der Waals surface area contributed by atoms with Crippen LogP contribution in [0, 0.1) is 0 Å². The monoisotopic (exact) mass is 180 g/mol. The quantitative estimate of drug-likeness (QED) is 0.631. The van der Waals surface area contributed by atoms with Crippen molar-refractivity contribution in [2.45, 2.75) is 13.3 Å². The Bertz CT molecular complexity index is 244. The Morgan fingerprint density at radius 3 is 2.55 bits per heavy atom. The van der Waals surface area contributed by atoms with E-state index in [-0.39, 0.29) is 5.69 Å². The summed E-state index contributed by atoms with van der Waals surface area (Å²) in [5, 5.41) is 0. The Balaban J connectivity index is 3.02. The molecule has 6 heteroatoms. The lowest BCUT2D eigenvalue weighted by atomic mass is 9.87. The van der Waals surface area contributed by atoms with Gasteiger partial charge in [0.25, 0.3) is 0 Å². The molecule has 11 heavy (non-hydrogen) atoms. The van der Waals surface area contributed by atoms with Crippen molar-refractivity contribution in [3.05, 3.63) is 11.2 Å². The summed E-state index contributed by atoms with van der Waals surface area (Å²) in [5.74, 6) is 0. The zero-order valence-electron chi connectivity index (χ0n) is 5.85. The van der Waals surface area contributed by atoms with Crippen LogP contribution in [0.3, 0.4) is 0 Å². The number of aromatic nitrogens is 1. The molecule has 1 nitrogen and oxygen atoms in total. The van der Waals surface area contributed by atoms with Gasteiger partial charge in [0.1, 0.15) is 0 Å². The fourth-order valence-electron chi connectivity index (χ4n) is 0.810. The van der Waals surface area contributed by atoms with Crippen molar-refractivity contribution < 1.29 is 12.9 Å². The molecule has 0 aromatic carbocycles. The Morgan fingerprint density at radius 1 is 1.55 bits per heavy atom. The topological polar surface area (TPSA) is 12.9 Å². The predicted octanol–water partition coefficient (Wildman–Crippen LogP) is 1.76. The molecule has 0 aliphatic rings. The Kier molecular flexibility index (Phi) is 2.22. The van der Waals surface area contributed by atoms with Crippen molar-refractivity contribution in [2.75, 3.05) is 0 Å². The van der Waals surface area contributed by atoms with Gasteiger partial charge < -0.3 is 12.9 Å². The van der Waals surface area contributed by atoms with Crippen LogP contribution in [0.15, 0.2) is 5.51 Å². The second kappa shape index (κ2) is 2.85. The standard InChI is InChI=1S/C5H6BF3NS/c1-2-4-5(6(7,8)9)11-3-10-4/h3H,2H2,1H3/q-1. The highest BCUT2D eigenvalue weighted by molar-refractivity contribution is 7.22. The molecule has 0 saturated heterocycles. The molecule has 0 bridgehead atoms. The van der Waals surface area contributed by atoms with Gasteiger partial charge in [0.2, 0.25) is 0 Å². The van der Waals surface area contributed by atoms with Gasteiger partial charge in [-0.3, -0.25) is 4.98 Å². The molecule has 0 saturated carbocycles. The molecular formula is C5H6BF3NS-. The summed E-state index contributed by atoms with van der Waals surface area (Å²) >= 11 is 0.673. The number of aryl methyl sites for hydroxylation is 1. The van der Waals surface area contributed by atoms with E-state index in [4.69, 9.17) is 0 Å². The van der Waals surface area contributed by atoms with Crippen LogP contribution in [-0.4, -0.2) is 12.0 Å². The van der Waals surface area contributed by atoms with Crippen molar-refractivity contribution in [3.63, 3.8) is 0 Å². The summed E-state index contributed by atoms with van der Waals surface area (Å²) < 4.78 is 35.8. The average molecular weight is 180 g/mol. The first-order chi connectivity index (χ1) is 5.05. The normalized spacial score (nSPS) is 12.0. The molecule has 1 aromatic rings. The molecule has 0 aliphatic heterocycles. The molecule has 1 aromatic heterocycles. The van der Waals surface area contributed by atoms with Gasteiger partial charge in [0, 0.05) is 5.69 Å². The molecule has 1 heterocycles. The molecule has 0 N–H and O–H groups in total. The summed E-state index contributed by atoms with van der Waals surface area (Å²) in [6, 6.07) is 0. The average Bonchev–Trinajstić information content (AvgIpc) is 2.31. The molecular weight excluding hydrogens is 174 g/mol. The van der Waals surface area contributed by atoms with E-state index in [0.29, 0.717) is 17.8 Å². The molecule has 62 valence electrons. The van der Waals surface area contributed by atoms with Gasteiger partial charge in [-0.25, -0.2) is 0 Å². The van der Waals surface area contributed by atoms with E-state index < -0.39 is 11.8 Å². The highest BCUT2D eigenvalue weighted by Gasteiger charge is 2.29. The van der Waals surface area contributed by atoms with Crippen molar-refractivity contribution in [3.8, 4) is 0 Å². The summed E-state index contributed by atoms with van der Waals surface area (Å²) in [5.41, 5.74) is 1.41. The Hall–Kier alpha value is -0.515. The van der Waals surface area contributed by atoms with E-state index in [1.54, 1.807) is 6.92 Å². The summed E-state index contributed by atoms with van der Waals surface area (Å²) in [6.07, 6.45) is 0.347. The third-order valence-corrected chi connectivity index (χ3v) is 2.27. The molecule has 0 spiro atoms. The molecule has 0 atom stereocenters. The first-order valence-corrected chi connectivity index (χ1v) is 4.06. The van der Waals surface area contributed by atoms with Crippen LogP contribution in [-0.2, 0) is 6.42 Å². The second-order valence-electron chi connectivity index (χ2n) is 2.09. The van der Waals surface area contributed by atoms with Crippen LogP contribution in [0.2, 0.25) is 0 Å². The van der Waals surface area contributed by atoms with E-state index in [2.05, 4.69) is 4.98 Å².